The lowest BCUT2D eigenvalue weighted by atomic mass is 10.2. The molecule has 0 aliphatic heterocycles. The Balaban J connectivity index is 1.77. The smallest absolute Gasteiger partial charge is 0.299 e. The quantitative estimate of drug-likeness (QED) is 0.764. The molecule has 2 aromatic heterocycles. The van der Waals surface area contributed by atoms with Gasteiger partial charge in [-0.25, -0.2) is 8.78 Å². The van der Waals surface area contributed by atoms with E-state index in [0.29, 0.717) is 11.4 Å². The molecule has 3 rings (SSSR count). The van der Waals surface area contributed by atoms with Gasteiger partial charge in [0.1, 0.15) is 5.75 Å². The number of hydrogen-bond donors (Lipinski definition) is 1. The highest BCUT2D eigenvalue weighted by atomic mass is 19.3. The third-order valence-electron chi connectivity index (χ3n) is 3.33. The Morgan fingerprint density at radius 2 is 1.84 bits per heavy atom. The zero-order valence-electron chi connectivity index (χ0n) is 13.5. The molecule has 9 heteroatoms. The van der Waals surface area contributed by atoms with E-state index in [1.807, 2.05) is 0 Å². The lowest BCUT2D eigenvalue weighted by Crippen LogP contribution is -2.17. The van der Waals surface area contributed by atoms with Crippen LogP contribution in [0.15, 0.2) is 36.4 Å². The Labute approximate surface area is 141 Å². The molecule has 1 aromatic carbocycles. The highest BCUT2D eigenvalue weighted by molar-refractivity contribution is 5.92. The first kappa shape index (κ1) is 16.7. The number of fused-ring (bicyclic) bond motifs is 1. The minimum atomic E-state index is -2.79. The summed E-state index contributed by atoms with van der Waals surface area (Å²) in [6.45, 7) is 3.60. The SMILES string of the molecule is CC(C)C(=O)Nc1ccc(Oc2ccc3nnc(C(F)F)n3n2)cc1. The zero-order valence-corrected chi connectivity index (χ0v) is 13.5. The van der Waals surface area contributed by atoms with Gasteiger partial charge in [0.2, 0.25) is 17.6 Å². The number of hydrogen-bond acceptors (Lipinski definition) is 5. The summed E-state index contributed by atoms with van der Waals surface area (Å²) in [6, 6.07) is 9.63. The monoisotopic (exact) mass is 347 g/mol. The number of carbonyl (C=O) groups excluding carboxylic acids is 1. The van der Waals surface area contributed by atoms with E-state index in [-0.39, 0.29) is 23.4 Å². The van der Waals surface area contributed by atoms with Crippen molar-refractivity contribution in [2.24, 2.45) is 5.92 Å². The lowest BCUT2D eigenvalue weighted by molar-refractivity contribution is -0.118. The van der Waals surface area contributed by atoms with Crippen LogP contribution in [0.25, 0.3) is 5.65 Å². The number of nitrogens with one attached hydrogen (secondary N) is 1. The van der Waals surface area contributed by atoms with Gasteiger partial charge in [-0.15, -0.1) is 15.3 Å². The Morgan fingerprint density at radius 1 is 1.12 bits per heavy atom. The maximum atomic E-state index is 12.9. The molecular weight excluding hydrogens is 332 g/mol. The first-order valence-electron chi connectivity index (χ1n) is 7.53. The number of benzene rings is 1. The van der Waals surface area contributed by atoms with Gasteiger partial charge in [0.15, 0.2) is 5.65 Å². The van der Waals surface area contributed by atoms with E-state index in [9.17, 15) is 13.6 Å². The minimum absolute atomic E-state index is 0.0899. The Morgan fingerprint density at radius 3 is 2.48 bits per heavy atom. The topological polar surface area (TPSA) is 81.4 Å². The molecule has 0 saturated heterocycles. The first-order chi connectivity index (χ1) is 11.9. The van der Waals surface area contributed by atoms with Crippen molar-refractivity contribution in [1.29, 1.82) is 0 Å². The number of rotatable bonds is 5. The summed E-state index contributed by atoms with van der Waals surface area (Å²) in [4.78, 5) is 11.6. The summed E-state index contributed by atoms with van der Waals surface area (Å²) in [5.74, 6) is -0.200. The highest BCUT2D eigenvalue weighted by Crippen LogP contribution is 2.23. The normalized spacial score (nSPS) is 11.3. The molecule has 1 N–H and O–H groups in total. The van der Waals surface area contributed by atoms with Crippen LogP contribution >= 0.6 is 0 Å². The number of aromatic nitrogens is 4. The van der Waals surface area contributed by atoms with Crippen LogP contribution in [0.4, 0.5) is 14.5 Å². The fourth-order valence-corrected chi connectivity index (χ4v) is 1.99. The second kappa shape index (κ2) is 6.80. The van der Waals surface area contributed by atoms with Gasteiger partial charge < -0.3 is 10.1 Å². The van der Waals surface area contributed by atoms with Crippen molar-refractivity contribution in [2.45, 2.75) is 20.3 Å². The van der Waals surface area contributed by atoms with Gasteiger partial charge in [-0.3, -0.25) is 4.79 Å². The van der Waals surface area contributed by atoms with Gasteiger partial charge in [-0.1, -0.05) is 13.8 Å². The molecule has 7 nitrogen and oxygen atoms in total. The van der Waals surface area contributed by atoms with Gasteiger partial charge in [0, 0.05) is 17.7 Å². The lowest BCUT2D eigenvalue weighted by Gasteiger charge is -2.09. The molecule has 0 atom stereocenters. The molecule has 25 heavy (non-hydrogen) atoms. The maximum absolute atomic E-state index is 12.9. The van der Waals surface area contributed by atoms with Crippen molar-refractivity contribution in [2.75, 3.05) is 5.32 Å². The van der Waals surface area contributed by atoms with E-state index < -0.39 is 12.2 Å². The molecular formula is C16H15F2N5O2. The van der Waals surface area contributed by atoms with Gasteiger partial charge in [-0.05, 0) is 30.3 Å². The Bertz CT molecular complexity index is 893. The molecule has 0 saturated carbocycles. The van der Waals surface area contributed by atoms with Gasteiger partial charge in [-0.2, -0.15) is 4.52 Å². The Kier molecular flexibility index (Phi) is 4.55. The van der Waals surface area contributed by atoms with Crippen molar-refractivity contribution >= 4 is 17.2 Å². The maximum Gasteiger partial charge on any atom is 0.299 e. The molecule has 0 bridgehead atoms. The van der Waals surface area contributed by atoms with E-state index in [2.05, 4.69) is 20.6 Å². The fourth-order valence-electron chi connectivity index (χ4n) is 1.99. The molecule has 0 fully saturated rings. The number of nitrogens with zero attached hydrogens (tertiary/aromatic N) is 4. The summed E-state index contributed by atoms with van der Waals surface area (Å²) >= 11 is 0. The van der Waals surface area contributed by atoms with E-state index in [1.165, 1.54) is 12.1 Å². The average molecular weight is 347 g/mol. The van der Waals surface area contributed by atoms with Crippen LogP contribution in [-0.2, 0) is 4.79 Å². The molecule has 2 heterocycles. The van der Waals surface area contributed by atoms with Crippen LogP contribution in [0.2, 0.25) is 0 Å². The van der Waals surface area contributed by atoms with E-state index in [1.54, 1.807) is 38.1 Å². The second-order valence-corrected chi connectivity index (χ2v) is 5.57. The van der Waals surface area contributed by atoms with Crippen molar-refractivity contribution < 1.29 is 18.3 Å². The third kappa shape index (κ3) is 3.70. The predicted molar refractivity (Wildman–Crippen MR) is 85.7 cm³/mol. The number of carbonyl (C=O) groups is 1. The second-order valence-electron chi connectivity index (χ2n) is 5.57. The summed E-state index contributed by atoms with van der Waals surface area (Å²) < 4.78 is 32.2. The van der Waals surface area contributed by atoms with Gasteiger partial charge in [0.25, 0.3) is 6.43 Å². The summed E-state index contributed by atoms with van der Waals surface area (Å²) in [7, 11) is 0. The third-order valence-corrected chi connectivity index (χ3v) is 3.33. The number of amides is 1. The van der Waals surface area contributed by atoms with Crippen molar-refractivity contribution in [1.82, 2.24) is 19.8 Å². The van der Waals surface area contributed by atoms with Crippen LogP contribution in [0.3, 0.4) is 0 Å². The summed E-state index contributed by atoms with van der Waals surface area (Å²) in [6.07, 6.45) is -2.79. The molecule has 3 aromatic rings. The van der Waals surface area contributed by atoms with E-state index >= 15 is 0 Å². The van der Waals surface area contributed by atoms with E-state index in [4.69, 9.17) is 4.74 Å². The van der Waals surface area contributed by atoms with Crippen LogP contribution in [-0.4, -0.2) is 25.7 Å². The summed E-state index contributed by atoms with van der Waals surface area (Å²) in [5, 5.41) is 13.7. The standard InChI is InChI=1S/C16H15F2N5O2/c1-9(2)16(24)19-10-3-5-11(6-4-10)25-13-8-7-12-20-21-15(14(17)18)23(12)22-13/h3-9,14H,1-2H3,(H,19,24). The first-order valence-corrected chi connectivity index (χ1v) is 7.53. The van der Waals surface area contributed by atoms with Crippen molar-refractivity contribution in [3.8, 4) is 11.6 Å². The number of alkyl halides is 2. The molecule has 0 aliphatic carbocycles. The Hall–Kier alpha value is -3.10. The largest absolute Gasteiger partial charge is 0.438 e. The molecule has 1 amide bonds. The number of anilines is 1. The molecule has 0 aliphatic rings. The van der Waals surface area contributed by atoms with Crippen LogP contribution in [0, 0.1) is 5.92 Å². The minimum Gasteiger partial charge on any atom is -0.438 e. The van der Waals surface area contributed by atoms with Crippen LogP contribution in [0.5, 0.6) is 11.6 Å². The van der Waals surface area contributed by atoms with Crippen LogP contribution in [0.1, 0.15) is 26.1 Å². The molecule has 0 unspecified atom stereocenters. The number of ether oxygens (including phenoxy) is 1. The zero-order chi connectivity index (χ0) is 18.0. The predicted octanol–water partition coefficient (Wildman–Crippen LogP) is 3.45. The number of halogens is 2. The average Bonchev–Trinajstić information content (AvgIpc) is 3.00. The highest BCUT2D eigenvalue weighted by Gasteiger charge is 2.17. The molecule has 130 valence electrons. The van der Waals surface area contributed by atoms with Gasteiger partial charge >= 0.3 is 0 Å². The van der Waals surface area contributed by atoms with Crippen LogP contribution < -0.4 is 10.1 Å². The van der Waals surface area contributed by atoms with Crippen molar-refractivity contribution in [3.05, 3.63) is 42.2 Å². The summed E-state index contributed by atoms with van der Waals surface area (Å²) in [5.41, 5.74) is 0.836. The van der Waals surface area contributed by atoms with E-state index in [0.717, 1.165) is 4.52 Å². The van der Waals surface area contributed by atoms with Crippen molar-refractivity contribution in [3.63, 3.8) is 0 Å². The van der Waals surface area contributed by atoms with Gasteiger partial charge in [0.05, 0.1) is 0 Å². The fraction of sp³-hybridized carbons (Fsp3) is 0.250. The molecule has 0 radical (unpaired) electrons. The molecule has 0 spiro atoms.